The van der Waals surface area contributed by atoms with E-state index in [1.807, 2.05) is 37.3 Å². The van der Waals surface area contributed by atoms with E-state index < -0.39 is 16.0 Å². The SMILES string of the molecule is Cc1ccc(N(CCOC(=O)c2ccccc2Br)C2=NS(=O)(=O)c3ccccc32)cc1. The molecule has 0 bridgehead atoms. The zero-order chi connectivity index (χ0) is 22.0. The van der Waals surface area contributed by atoms with Crippen molar-refractivity contribution < 1.29 is 17.9 Å². The predicted octanol–water partition coefficient (Wildman–Crippen LogP) is 4.57. The highest BCUT2D eigenvalue weighted by molar-refractivity contribution is 9.10. The number of esters is 1. The minimum atomic E-state index is -3.77. The zero-order valence-corrected chi connectivity index (χ0v) is 19.1. The van der Waals surface area contributed by atoms with Gasteiger partial charge in [0, 0.05) is 15.7 Å². The van der Waals surface area contributed by atoms with Gasteiger partial charge in [-0.15, -0.1) is 4.40 Å². The van der Waals surface area contributed by atoms with E-state index in [9.17, 15) is 13.2 Å². The van der Waals surface area contributed by atoms with Crippen molar-refractivity contribution in [3.63, 3.8) is 0 Å². The molecule has 4 rings (SSSR count). The minimum Gasteiger partial charge on any atom is -0.460 e. The molecule has 1 heterocycles. The molecule has 0 N–H and O–H groups in total. The molecule has 0 amide bonds. The molecule has 3 aromatic rings. The lowest BCUT2D eigenvalue weighted by Crippen LogP contribution is -2.34. The summed E-state index contributed by atoms with van der Waals surface area (Å²) in [6, 6.07) is 21.4. The molecule has 0 saturated heterocycles. The Morgan fingerprint density at radius 1 is 1.00 bits per heavy atom. The van der Waals surface area contributed by atoms with Gasteiger partial charge in [-0.1, -0.05) is 42.0 Å². The molecule has 6 nitrogen and oxygen atoms in total. The molecule has 0 atom stereocenters. The van der Waals surface area contributed by atoms with Gasteiger partial charge in [-0.05, 0) is 59.3 Å². The van der Waals surface area contributed by atoms with E-state index in [0.29, 0.717) is 21.4 Å². The second-order valence-corrected chi connectivity index (χ2v) is 9.42. The number of sulfonamides is 1. The summed E-state index contributed by atoms with van der Waals surface area (Å²) in [5.74, 6) is -0.144. The van der Waals surface area contributed by atoms with Gasteiger partial charge < -0.3 is 9.64 Å². The maximum Gasteiger partial charge on any atom is 0.339 e. The molecular weight excluding hydrogens is 480 g/mol. The summed E-state index contributed by atoms with van der Waals surface area (Å²) < 4.78 is 35.2. The summed E-state index contributed by atoms with van der Waals surface area (Å²) in [5.41, 5.74) is 2.79. The van der Waals surface area contributed by atoms with Crippen LogP contribution in [0.25, 0.3) is 0 Å². The van der Waals surface area contributed by atoms with E-state index in [1.165, 1.54) is 0 Å². The maximum absolute atomic E-state index is 12.6. The van der Waals surface area contributed by atoms with Crippen molar-refractivity contribution in [3.05, 3.63) is 94.0 Å². The van der Waals surface area contributed by atoms with Gasteiger partial charge in [0.1, 0.15) is 11.5 Å². The molecule has 8 heteroatoms. The first-order chi connectivity index (χ1) is 14.9. The summed E-state index contributed by atoms with van der Waals surface area (Å²) in [4.78, 5) is 14.4. The van der Waals surface area contributed by atoms with Crippen LogP contribution >= 0.6 is 15.9 Å². The van der Waals surface area contributed by atoms with Crippen LogP contribution in [0.5, 0.6) is 0 Å². The molecule has 1 aliphatic rings. The second kappa shape index (κ2) is 8.64. The highest BCUT2D eigenvalue weighted by Gasteiger charge is 2.32. The molecule has 1 aliphatic heterocycles. The highest BCUT2D eigenvalue weighted by atomic mass is 79.9. The van der Waals surface area contributed by atoms with Crippen molar-refractivity contribution >= 4 is 43.4 Å². The first kappa shape index (κ1) is 21.3. The highest BCUT2D eigenvalue weighted by Crippen LogP contribution is 2.30. The molecule has 0 fully saturated rings. The number of aryl methyl sites for hydroxylation is 1. The number of carbonyl (C=O) groups is 1. The average molecular weight is 499 g/mol. The van der Waals surface area contributed by atoms with Gasteiger partial charge in [0.15, 0.2) is 5.84 Å². The third kappa shape index (κ3) is 4.40. The lowest BCUT2D eigenvalue weighted by atomic mass is 10.1. The van der Waals surface area contributed by atoms with Crippen LogP contribution in [0.1, 0.15) is 21.5 Å². The number of hydrogen-bond donors (Lipinski definition) is 0. The van der Waals surface area contributed by atoms with Crippen LogP contribution in [0.4, 0.5) is 5.69 Å². The first-order valence-corrected chi connectivity index (χ1v) is 11.8. The van der Waals surface area contributed by atoms with E-state index in [0.717, 1.165) is 11.3 Å². The van der Waals surface area contributed by atoms with Crippen molar-refractivity contribution in [2.24, 2.45) is 4.40 Å². The molecule has 0 aromatic heterocycles. The standard InChI is InChI=1S/C23H19BrN2O4S/c1-16-10-12-17(13-11-16)26(14-15-30-23(27)18-6-2-4-8-20(18)24)22-19-7-3-5-9-21(19)31(28,29)25-22/h2-13H,14-15H2,1H3. The largest absolute Gasteiger partial charge is 0.460 e. The summed E-state index contributed by atoms with van der Waals surface area (Å²) in [6.45, 7) is 2.26. The molecule has 0 unspecified atom stereocenters. The van der Waals surface area contributed by atoms with Gasteiger partial charge in [-0.25, -0.2) is 4.79 Å². The number of ether oxygens (including phenoxy) is 1. The fraction of sp³-hybridized carbons (Fsp3) is 0.130. The Labute approximate surface area is 189 Å². The lowest BCUT2D eigenvalue weighted by Gasteiger charge is -2.24. The van der Waals surface area contributed by atoms with Gasteiger partial charge in [-0.3, -0.25) is 0 Å². The van der Waals surface area contributed by atoms with Crippen LogP contribution < -0.4 is 4.90 Å². The second-order valence-electron chi connectivity index (χ2n) is 6.99. The molecule has 3 aromatic carbocycles. The summed E-state index contributed by atoms with van der Waals surface area (Å²) in [7, 11) is -3.77. The number of hydrogen-bond acceptors (Lipinski definition) is 5. The Hall–Kier alpha value is -2.97. The lowest BCUT2D eigenvalue weighted by molar-refractivity contribution is 0.0516. The molecule has 0 radical (unpaired) electrons. The third-order valence-corrected chi connectivity index (χ3v) is 6.87. The molecule has 158 valence electrons. The normalized spacial score (nSPS) is 13.9. The maximum atomic E-state index is 12.6. The summed E-state index contributed by atoms with van der Waals surface area (Å²) in [6.07, 6.45) is 0. The third-order valence-electron chi connectivity index (χ3n) is 4.86. The fourth-order valence-electron chi connectivity index (χ4n) is 3.30. The topological polar surface area (TPSA) is 76.0 Å². The van der Waals surface area contributed by atoms with Gasteiger partial charge in [0.2, 0.25) is 0 Å². The molecule has 0 spiro atoms. The molecular formula is C23H19BrN2O4S. The fourth-order valence-corrected chi connectivity index (χ4v) is 4.96. The number of carbonyl (C=O) groups excluding carboxylic acids is 1. The van der Waals surface area contributed by atoms with Gasteiger partial charge in [-0.2, -0.15) is 8.42 Å². The van der Waals surface area contributed by atoms with Crippen molar-refractivity contribution in [2.75, 3.05) is 18.1 Å². The van der Waals surface area contributed by atoms with Crippen LogP contribution in [0, 0.1) is 6.92 Å². The van der Waals surface area contributed by atoms with Crippen LogP contribution in [-0.2, 0) is 14.8 Å². The van der Waals surface area contributed by atoms with Gasteiger partial charge in [0.05, 0.1) is 12.1 Å². The van der Waals surface area contributed by atoms with Crippen LogP contribution in [0.3, 0.4) is 0 Å². The Morgan fingerprint density at radius 3 is 2.42 bits per heavy atom. The minimum absolute atomic E-state index is 0.0509. The van der Waals surface area contributed by atoms with Crippen LogP contribution in [-0.4, -0.2) is 33.4 Å². The Balaban J connectivity index is 1.62. The first-order valence-electron chi connectivity index (χ1n) is 9.57. The van der Waals surface area contributed by atoms with Gasteiger partial charge in [0.25, 0.3) is 10.0 Å². The van der Waals surface area contributed by atoms with Crippen molar-refractivity contribution in [1.29, 1.82) is 0 Å². The smallest absolute Gasteiger partial charge is 0.339 e. The van der Waals surface area contributed by atoms with Gasteiger partial charge >= 0.3 is 5.97 Å². The van der Waals surface area contributed by atoms with Crippen molar-refractivity contribution in [1.82, 2.24) is 0 Å². The van der Waals surface area contributed by atoms with E-state index in [2.05, 4.69) is 20.3 Å². The number of benzene rings is 3. The quantitative estimate of drug-likeness (QED) is 0.481. The number of rotatable bonds is 5. The van der Waals surface area contributed by atoms with E-state index >= 15 is 0 Å². The zero-order valence-electron chi connectivity index (χ0n) is 16.7. The van der Waals surface area contributed by atoms with E-state index in [-0.39, 0.29) is 18.0 Å². The van der Waals surface area contributed by atoms with Crippen molar-refractivity contribution in [2.45, 2.75) is 11.8 Å². The Morgan fingerprint density at radius 2 is 1.68 bits per heavy atom. The molecule has 0 aliphatic carbocycles. The number of fused-ring (bicyclic) bond motifs is 1. The number of amidine groups is 1. The van der Waals surface area contributed by atoms with E-state index in [4.69, 9.17) is 4.74 Å². The number of anilines is 1. The Bertz CT molecular complexity index is 1270. The van der Waals surface area contributed by atoms with E-state index in [1.54, 1.807) is 47.4 Å². The molecule has 0 saturated carbocycles. The summed E-state index contributed by atoms with van der Waals surface area (Å²) >= 11 is 3.35. The average Bonchev–Trinajstić information content (AvgIpc) is 3.03. The predicted molar refractivity (Wildman–Crippen MR) is 123 cm³/mol. The van der Waals surface area contributed by atoms with Crippen LogP contribution in [0.2, 0.25) is 0 Å². The number of halogens is 1. The van der Waals surface area contributed by atoms with Crippen molar-refractivity contribution in [3.8, 4) is 0 Å². The summed E-state index contributed by atoms with van der Waals surface area (Å²) in [5, 5.41) is 0. The number of nitrogens with zero attached hydrogens (tertiary/aromatic N) is 2. The monoisotopic (exact) mass is 498 g/mol. The van der Waals surface area contributed by atoms with Crippen LogP contribution in [0.15, 0.2) is 86.6 Å². The Kier molecular flexibility index (Phi) is 5.93. The molecule has 31 heavy (non-hydrogen) atoms.